The molecule has 0 amide bonds. The fourth-order valence-electron chi connectivity index (χ4n) is 2.57. The van der Waals surface area contributed by atoms with Gasteiger partial charge < -0.3 is 4.74 Å². The molecular formula is C18H26N2O3. The zero-order valence-electron chi connectivity index (χ0n) is 14.3. The number of hydrogen-bond acceptors (Lipinski definition) is 5. The molecule has 2 aromatic rings. The minimum absolute atomic E-state index is 0.0947. The van der Waals surface area contributed by atoms with Crippen molar-refractivity contribution in [3.05, 3.63) is 23.8 Å². The van der Waals surface area contributed by atoms with Gasteiger partial charge in [0.1, 0.15) is 16.6 Å². The minimum Gasteiger partial charge on any atom is -0.460 e. The number of nitrogens with zero attached hydrogens (tertiary/aromatic N) is 2. The molecule has 23 heavy (non-hydrogen) atoms. The molecule has 0 aliphatic carbocycles. The summed E-state index contributed by atoms with van der Waals surface area (Å²) in [6, 6.07) is 5.98. The van der Waals surface area contributed by atoms with Crippen LogP contribution in [0.15, 0.2) is 22.8 Å². The number of carbonyl (C=O) groups excluding carboxylic acids is 1. The molecule has 0 N–H and O–H groups in total. The molecule has 0 atom stereocenters. The maximum absolute atomic E-state index is 11.6. The smallest absolute Gasteiger partial charge is 0.306 e. The Labute approximate surface area is 137 Å². The maximum atomic E-state index is 11.6. The number of unbranched alkanes of at least 4 members (excludes halogenated alkanes) is 4. The lowest BCUT2D eigenvalue weighted by Gasteiger charge is -2.19. The zero-order chi connectivity index (χ0) is 16.7. The summed E-state index contributed by atoms with van der Waals surface area (Å²) < 4.78 is 10.1. The SMILES string of the molecule is CC(C)(C)OC(=O)CCCCCCCc1cccc2nonc12. The lowest BCUT2D eigenvalue weighted by Crippen LogP contribution is -2.23. The molecule has 0 aliphatic rings. The molecule has 0 unspecified atom stereocenters. The van der Waals surface area contributed by atoms with Crippen molar-refractivity contribution in [2.75, 3.05) is 0 Å². The first-order valence-electron chi connectivity index (χ1n) is 8.38. The predicted molar refractivity (Wildman–Crippen MR) is 89.1 cm³/mol. The van der Waals surface area contributed by atoms with Crippen LogP contribution >= 0.6 is 0 Å². The second-order valence-corrected chi connectivity index (χ2v) is 6.90. The van der Waals surface area contributed by atoms with E-state index in [4.69, 9.17) is 9.37 Å². The molecule has 2 rings (SSSR count). The summed E-state index contributed by atoms with van der Waals surface area (Å²) in [6.07, 6.45) is 6.86. The second kappa shape index (κ2) is 8.09. The van der Waals surface area contributed by atoms with E-state index in [2.05, 4.69) is 16.4 Å². The maximum Gasteiger partial charge on any atom is 0.306 e. The summed E-state index contributed by atoms with van der Waals surface area (Å²) in [6.45, 7) is 5.70. The van der Waals surface area contributed by atoms with Crippen LogP contribution in [0.1, 0.15) is 64.9 Å². The Bertz CT molecular complexity index is 628. The van der Waals surface area contributed by atoms with Crippen LogP contribution in [0.4, 0.5) is 0 Å². The molecule has 5 nitrogen and oxygen atoms in total. The van der Waals surface area contributed by atoms with Crippen LogP contribution in [0, 0.1) is 0 Å². The molecule has 1 heterocycles. The van der Waals surface area contributed by atoms with Crippen molar-refractivity contribution >= 4 is 17.0 Å². The molecule has 1 aromatic carbocycles. The number of carbonyl (C=O) groups is 1. The molecule has 0 radical (unpaired) electrons. The van der Waals surface area contributed by atoms with Crippen LogP contribution in [0.2, 0.25) is 0 Å². The molecule has 0 spiro atoms. The van der Waals surface area contributed by atoms with Gasteiger partial charge in [-0.3, -0.25) is 4.79 Å². The Morgan fingerprint density at radius 3 is 2.61 bits per heavy atom. The Morgan fingerprint density at radius 2 is 1.83 bits per heavy atom. The van der Waals surface area contributed by atoms with Gasteiger partial charge in [-0.05, 0) is 62.0 Å². The first-order valence-corrected chi connectivity index (χ1v) is 8.38. The number of aromatic nitrogens is 2. The van der Waals surface area contributed by atoms with E-state index in [0.717, 1.165) is 49.6 Å². The molecule has 0 aliphatic heterocycles. The Morgan fingerprint density at radius 1 is 1.09 bits per heavy atom. The first kappa shape index (κ1) is 17.4. The highest BCUT2D eigenvalue weighted by atomic mass is 16.6. The molecule has 0 fully saturated rings. The van der Waals surface area contributed by atoms with Gasteiger partial charge in [0.15, 0.2) is 0 Å². The van der Waals surface area contributed by atoms with Gasteiger partial charge in [-0.2, -0.15) is 0 Å². The average Bonchev–Trinajstić information content (AvgIpc) is 2.93. The summed E-state index contributed by atoms with van der Waals surface area (Å²) >= 11 is 0. The van der Waals surface area contributed by atoms with Gasteiger partial charge in [-0.1, -0.05) is 31.4 Å². The largest absolute Gasteiger partial charge is 0.460 e. The van der Waals surface area contributed by atoms with Crippen molar-refractivity contribution < 1.29 is 14.2 Å². The van der Waals surface area contributed by atoms with E-state index >= 15 is 0 Å². The van der Waals surface area contributed by atoms with Crippen molar-refractivity contribution in [2.45, 2.75) is 71.3 Å². The molecule has 0 saturated heterocycles. The molecule has 1 aromatic heterocycles. The van der Waals surface area contributed by atoms with Crippen LogP contribution < -0.4 is 0 Å². The fourth-order valence-corrected chi connectivity index (χ4v) is 2.57. The van der Waals surface area contributed by atoms with Crippen molar-refractivity contribution in [1.82, 2.24) is 10.3 Å². The van der Waals surface area contributed by atoms with E-state index in [1.54, 1.807) is 0 Å². The zero-order valence-corrected chi connectivity index (χ0v) is 14.3. The van der Waals surface area contributed by atoms with Gasteiger partial charge in [-0.25, -0.2) is 4.63 Å². The van der Waals surface area contributed by atoms with Crippen molar-refractivity contribution in [1.29, 1.82) is 0 Å². The summed E-state index contributed by atoms with van der Waals surface area (Å²) in [7, 11) is 0. The number of rotatable bonds is 8. The van der Waals surface area contributed by atoms with Gasteiger partial charge in [-0.15, -0.1) is 0 Å². The molecular weight excluding hydrogens is 292 g/mol. The highest BCUT2D eigenvalue weighted by Gasteiger charge is 2.15. The van der Waals surface area contributed by atoms with E-state index < -0.39 is 0 Å². The first-order chi connectivity index (χ1) is 11.0. The minimum atomic E-state index is -0.381. The monoisotopic (exact) mass is 318 g/mol. The number of esters is 1. The summed E-state index contributed by atoms with van der Waals surface area (Å²) in [5.74, 6) is -0.0947. The average molecular weight is 318 g/mol. The molecule has 0 bridgehead atoms. The van der Waals surface area contributed by atoms with Gasteiger partial charge in [0, 0.05) is 6.42 Å². The highest BCUT2D eigenvalue weighted by molar-refractivity contribution is 5.76. The quantitative estimate of drug-likeness (QED) is 0.531. The van der Waals surface area contributed by atoms with Gasteiger partial charge >= 0.3 is 5.97 Å². The van der Waals surface area contributed by atoms with Crippen molar-refractivity contribution in [3.63, 3.8) is 0 Å². The fraction of sp³-hybridized carbons (Fsp3) is 0.611. The van der Waals surface area contributed by atoms with E-state index in [9.17, 15) is 4.79 Å². The second-order valence-electron chi connectivity index (χ2n) is 6.90. The Kier molecular flexibility index (Phi) is 6.13. The number of aryl methyl sites for hydroxylation is 1. The van der Waals surface area contributed by atoms with Crippen molar-refractivity contribution in [2.24, 2.45) is 0 Å². The molecule has 5 heteroatoms. The van der Waals surface area contributed by atoms with Gasteiger partial charge in [0.2, 0.25) is 0 Å². The standard InChI is InChI=1S/C18H26N2O3/c1-18(2,3)22-16(21)13-8-6-4-5-7-10-14-11-9-12-15-17(14)20-23-19-15/h9,11-12H,4-8,10,13H2,1-3H3. The predicted octanol–water partition coefficient (Wildman–Crippen LogP) is 4.45. The lowest BCUT2D eigenvalue weighted by molar-refractivity contribution is -0.154. The number of fused-ring (bicyclic) bond motifs is 1. The van der Waals surface area contributed by atoms with E-state index in [1.807, 2.05) is 32.9 Å². The third-order valence-electron chi connectivity index (χ3n) is 3.62. The summed E-state index contributed by atoms with van der Waals surface area (Å²) in [5.41, 5.74) is 2.50. The molecule has 0 saturated carbocycles. The third kappa shape index (κ3) is 6.00. The lowest BCUT2D eigenvalue weighted by atomic mass is 10.0. The van der Waals surface area contributed by atoms with Crippen LogP contribution in [0.5, 0.6) is 0 Å². The Hall–Kier alpha value is -1.91. The van der Waals surface area contributed by atoms with Crippen molar-refractivity contribution in [3.8, 4) is 0 Å². The number of hydrogen-bond donors (Lipinski definition) is 0. The highest BCUT2D eigenvalue weighted by Crippen LogP contribution is 2.18. The third-order valence-corrected chi connectivity index (χ3v) is 3.62. The van der Waals surface area contributed by atoms with Crippen LogP contribution in [-0.4, -0.2) is 21.9 Å². The van der Waals surface area contributed by atoms with E-state index in [-0.39, 0.29) is 11.6 Å². The number of benzene rings is 1. The topological polar surface area (TPSA) is 65.2 Å². The van der Waals surface area contributed by atoms with E-state index in [0.29, 0.717) is 6.42 Å². The van der Waals surface area contributed by atoms with E-state index in [1.165, 1.54) is 5.56 Å². The normalized spacial score (nSPS) is 11.8. The number of ether oxygens (including phenoxy) is 1. The van der Waals surface area contributed by atoms with Crippen LogP contribution in [0.25, 0.3) is 11.0 Å². The van der Waals surface area contributed by atoms with Crippen LogP contribution in [0.3, 0.4) is 0 Å². The summed E-state index contributed by atoms with van der Waals surface area (Å²) in [5, 5.41) is 7.82. The van der Waals surface area contributed by atoms with Gasteiger partial charge in [0.05, 0.1) is 0 Å². The molecule has 126 valence electrons. The summed E-state index contributed by atoms with van der Waals surface area (Å²) in [4.78, 5) is 11.6. The van der Waals surface area contributed by atoms with Crippen LogP contribution in [-0.2, 0) is 16.0 Å². The Balaban J connectivity index is 1.58. The van der Waals surface area contributed by atoms with Gasteiger partial charge in [0.25, 0.3) is 0 Å².